The smallest absolute Gasteiger partial charge is 0.161 e. The Kier molecular flexibility index (Phi) is 1.89. The maximum Gasteiger partial charge on any atom is 0.161 e. The van der Waals surface area contributed by atoms with Gasteiger partial charge in [0.05, 0.1) is 18.9 Å². The van der Waals surface area contributed by atoms with Crippen LogP contribution in [0, 0.1) is 0 Å². The van der Waals surface area contributed by atoms with Gasteiger partial charge < -0.3 is 9.52 Å². The Labute approximate surface area is 91.0 Å². The summed E-state index contributed by atoms with van der Waals surface area (Å²) >= 11 is 0. The van der Waals surface area contributed by atoms with Gasteiger partial charge in [0.1, 0.15) is 17.3 Å². The summed E-state index contributed by atoms with van der Waals surface area (Å²) in [6, 6.07) is 7.01. The fraction of sp³-hybridized carbons (Fsp3) is 0.0909. The summed E-state index contributed by atoms with van der Waals surface area (Å²) in [7, 11) is 0. The molecule has 0 fully saturated rings. The van der Waals surface area contributed by atoms with Gasteiger partial charge >= 0.3 is 0 Å². The zero-order valence-electron chi connectivity index (χ0n) is 8.37. The Bertz CT molecular complexity index is 613. The van der Waals surface area contributed by atoms with Crippen molar-refractivity contribution in [2.45, 2.75) is 6.42 Å². The molecular weight excluding hydrogens is 206 g/mol. The van der Waals surface area contributed by atoms with Crippen LogP contribution < -0.4 is 0 Å². The van der Waals surface area contributed by atoms with Crippen LogP contribution in [0.4, 0.5) is 0 Å². The summed E-state index contributed by atoms with van der Waals surface area (Å²) in [5.74, 6) is 1.74. The van der Waals surface area contributed by atoms with Crippen molar-refractivity contribution in [2.75, 3.05) is 0 Å². The van der Waals surface area contributed by atoms with Gasteiger partial charge in [-0.25, -0.2) is 0 Å². The first-order chi connectivity index (χ1) is 7.83. The monoisotopic (exact) mass is 215 g/mol. The molecule has 5 heteroatoms. The van der Waals surface area contributed by atoms with Crippen LogP contribution >= 0.6 is 0 Å². The average molecular weight is 215 g/mol. The summed E-state index contributed by atoms with van der Waals surface area (Å²) in [4.78, 5) is 0. The molecule has 3 aromatic rings. The highest BCUT2D eigenvalue weighted by Gasteiger charge is 2.08. The normalized spacial score (nSPS) is 11.0. The van der Waals surface area contributed by atoms with Crippen molar-refractivity contribution in [1.29, 1.82) is 0 Å². The average Bonchev–Trinajstić information content (AvgIpc) is 2.90. The number of fused-ring (bicyclic) bond motifs is 1. The van der Waals surface area contributed by atoms with E-state index < -0.39 is 0 Å². The summed E-state index contributed by atoms with van der Waals surface area (Å²) in [6.07, 6.45) is 3.77. The van der Waals surface area contributed by atoms with Crippen molar-refractivity contribution in [3.8, 4) is 5.75 Å². The summed E-state index contributed by atoms with van der Waals surface area (Å²) in [6.45, 7) is 0. The minimum Gasteiger partial charge on any atom is -0.506 e. The van der Waals surface area contributed by atoms with E-state index in [9.17, 15) is 5.11 Å². The molecule has 3 heterocycles. The third-order valence-electron chi connectivity index (χ3n) is 2.37. The SMILES string of the molecule is Oc1ccc2nnc(Cc3ccco3)n2c1. The van der Waals surface area contributed by atoms with Crippen molar-refractivity contribution in [3.05, 3.63) is 48.3 Å². The van der Waals surface area contributed by atoms with E-state index in [4.69, 9.17) is 4.42 Å². The zero-order chi connectivity index (χ0) is 11.0. The van der Waals surface area contributed by atoms with Crippen LogP contribution in [0.25, 0.3) is 5.65 Å². The molecule has 0 aliphatic rings. The van der Waals surface area contributed by atoms with Crippen LogP contribution in [0.3, 0.4) is 0 Å². The van der Waals surface area contributed by atoms with Gasteiger partial charge in [-0.15, -0.1) is 10.2 Å². The molecule has 0 aliphatic heterocycles. The molecule has 0 amide bonds. The van der Waals surface area contributed by atoms with Crippen molar-refractivity contribution in [3.63, 3.8) is 0 Å². The number of rotatable bonds is 2. The Morgan fingerprint density at radius 3 is 3.00 bits per heavy atom. The predicted octanol–water partition coefficient (Wildman–Crippen LogP) is 1.62. The molecule has 3 aromatic heterocycles. The van der Waals surface area contributed by atoms with E-state index in [0.29, 0.717) is 12.1 Å². The maximum absolute atomic E-state index is 9.40. The van der Waals surface area contributed by atoms with E-state index >= 15 is 0 Å². The van der Waals surface area contributed by atoms with Crippen molar-refractivity contribution < 1.29 is 9.52 Å². The summed E-state index contributed by atoms with van der Waals surface area (Å²) in [5, 5.41) is 17.5. The van der Waals surface area contributed by atoms with E-state index in [2.05, 4.69) is 10.2 Å². The van der Waals surface area contributed by atoms with Crippen molar-refractivity contribution in [2.24, 2.45) is 0 Å². The number of hydrogen-bond donors (Lipinski definition) is 1. The van der Waals surface area contributed by atoms with Gasteiger partial charge in [-0.3, -0.25) is 4.40 Å². The Balaban J connectivity index is 2.07. The van der Waals surface area contributed by atoms with Gasteiger partial charge in [0.15, 0.2) is 5.65 Å². The molecule has 0 aromatic carbocycles. The standard InChI is InChI=1S/C11H9N3O2/c15-8-3-4-10-12-13-11(14(10)7-8)6-9-2-1-5-16-9/h1-5,7,15H,6H2. The molecule has 0 saturated heterocycles. The third-order valence-corrected chi connectivity index (χ3v) is 2.37. The fourth-order valence-corrected chi connectivity index (χ4v) is 1.62. The van der Waals surface area contributed by atoms with E-state index in [1.54, 1.807) is 29.0 Å². The molecule has 5 nitrogen and oxygen atoms in total. The van der Waals surface area contributed by atoms with E-state index in [1.165, 1.54) is 0 Å². The highest BCUT2D eigenvalue weighted by atomic mass is 16.3. The van der Waals surface area contributed by atoms with E-state index in [-0.39, 0.29) is 5.75 Å². The first kappa shape index (κ1) is 8.96. The van der Waals surface area contributed by atoms with Crippen LogP contribution in [-0.4, -0.2) is 19.7 Å². The molecule has 0 radical (unpaired) electrons. The molecule has 3 rings (SSSR count). The highest BCUT2D eigenvalue weighted by Crippen LogP contribution is 2.14. The van der Waals surface area contributed by atoms with Crippen molar-refractivity contribution >= 4 is 5.65 Å². The lowest BCUT2D eigenvalue weighted by Gasteiger charge is -1.98. The molecular formula is C11H9N3O2. The molecule has 0 spiro atoms. The van der Waals surface area contributed by atoms with Gasteiger partial charge in [-0.05, 0) is 24.3 Å². The van der Waals surface area contributed by atoms with Crippen LogP contribution in [0.5, 0.6) is 5.75 Å². The van der Waals surface area contributed by atoms with Gasteiger partial charge in [-0.2, -0.15) is 0 Å². The number of nitrogens with zero attached hydrogens (tertiary/aromatic N) is 3. The van der Waals surface area contributed by atoms with E-state index in [0.717, 1.165) is 11.6 Å². The second kappa shape index (κ2) is 3.37. The highest BCUT2D eigenvalue weighted by molar-refractivity contribution is 5.41. The molecule has 0 unspecified atom stereocenters. The third kappa shape index (κ3) is 1.42. The molecule has 80 valence electrons. The molecule has 1 N–H and O–H groups in total. The molecule has 0 aliphatic carbocycles. The second-order valence-electron chi connectivity index (χ2n) is 3.49. The topological polar surface area (TPSA) is 63.6 Å². The Morgan fingerprint density at radius 2 is 2.19 bits per heavy atom. The Hall–Kier alpha value is -2.30. The van der Waals surface area contributed by atoms with Crippen LogP contribution in [0.15, 0.2) is 41.1 Å². The van der Waals surface area contributed by atoms with Gasteiger partial charge in [0.2, 0.25) is 0 Å². The number of furan rings is 1. The van der Waals surface area contributed by atoms with Gasteiger partial charge in [0, 0.05) is 0 Å². The molecule has 0 atom stereocenters. The maximum atomic E-state index is 9.40. The lowest BCUT2D eigenvalue weighted by molar-refractivity contribution is 0.471. The number of aromatic hydroxyl groups is 1. The molecule has 0 bridgehead atoms. The van der Waals surface area contributed by atoms with Gasteiger partial charge in [0.25, 0.3) is 0 Å². The number of aromatic nitrogens is 3. The lowest BCUT2D eigenvalue weighted by atomic mass is 10.3. The first-order valence-corrected chi connectivity index (χ1v) is 4.88. The second-order valence-corrected chi connectivity index (χ2v) is 3.49. The van der Waals surface area contributed by atoms with Crippen LogP contribution in [-0.2, 0) is 6.42 Å². The Morgan fingerprint density at radius 1 is 1.25 bits per heavy atom. The quantitative estimate of drug-likeness (QED) is 0.705. The van der Waals surface area contributed by atoms with Crippen molar-refractivity contribution in [1.82, 2.24) is 14.6 Å². The number of hydrogen-bond acceptors (Lipinski definition) is 4. The van der Waals surface area contributed by atoms with Crippen LogP contribution in [0.2, 0.25) is 0 Å². The largest absolute Gasteiger partial charge is 0.506 e. The number of pyridine rings is 1. The zero-order valence-corrected chi connectivity index (χ0v) is 8.37. The lowest BCUT2D eigenvalue weighted by Crippen LogP contribution is -1.94. The summed E-state index contributed by atoms with van der Waals surface area (Å²) in [5.41, 5.74) is 0.708. The molecule has 16 heavy (non-hydrogen) atoms. The van der Waals surface area contributed by atoms with E-state index in [1.807, 2.05) is 12.1 Å². The minimum absolute atomic E-state index is 0.188. The van der Waals surface area contributed by atoms with Gasteiger partial charge in [-0.1, -0.05) is 0 Å². The predicted molar refractivity (Wildman–Crippen MR) is 56.2 cm³/mol. The minimum atomic E-state index is 0.188. The van der Waals surface area contributed by atoms with Crippen LogP contribution in [0.1, 0.15) is 11.6 Å². The summed E-state index contributed by atoms with van der Waals surface area (Å²) < 4.78 is 6.99. The molecule has 0 saturated carbocycles. The first-order valence-electron chi connectivity index (χ1n) is 4.88. The fourth-order valence-electron chi connectivity index (χ4n) is 1.62.